The summed E-state index contributed by atoms with van der Waals surface area (Å²) in [4.78, 5) is 19.5. The molecule has 0 aromatic rings. The largest absolute Gasteiger partial charge is 0.481 e. The summed E-state index contributed by atoms with van der Waals surface area (Å²) in [5.74, 6) is 0.00806. The van der Waals surface area contributed by atoms with Crippen molar-refractivity contribution in [3.8, 4) is 0 Å². The van der Waals surface area contributed by atoms with Gasteiger partial charge in [0.05, 0.1) is 12.8 Å². The van der Waals surface area contributed by atoms with Crippen molar-refractivity contribution in [2.75, 3.05) is 24.0 Å². The Kier molecular flexibility index (Phi) is 14.5. The predicted molar refractivity (Wildman–Crippen MR) is 61.3 cm³/mol. The fourth-order valence-electron chi connectivity index (χ4n) is 0.379. The van der Waals surface area contributed by atoms with Crippen molar-refractivity contribution in [3.63, 3.8) is 0 Å². The van der Waals surface area contributed by atoms with Crippen LogP contribution in [0.2, 0.25) is 0 Å². The Labute approximate surface area is 92.5 Å². The Morgan fingerprint density at radius 1 is 0.929 bits per heavy atom. The standard InChI is InChI=1S/2C4H8O2S/c2*1-7-3-2-4(5)6/h2*2-3H2,1H3,(H,5,6). The zero-order valence-corrected chi connectivity index (χ0v) is 9.99. The van der Waals surface area contributed by atoms with Gasteiger partial charge in [-0.2, -0.15) is 23.5 Å². The van der Waals surface area contributed by atoms with Crippen molar-refractivity contribution in [3.05, 3.63) is 0 Å². The van der Waals surface area contributed by atoms with Crippen LogP contribution < -0.4 is 0 Å². The van der Waals surface area contributed by atoms with E-state index >= 15 is 0 Å². The second-order valence-corrected chi connectivity index (χ2v) is 4.24. The lowest BCUT2D eigenvalue weighted by molar-refractivity contribution is -0.137. The Morgan fingerprint density at radius 2 is 1.21 bits per heavy atom. The Morgan fingerprint density at radius 3 is 1.29 bits per heavy atom. The highest BCUT2D eigenvalue weighted by molar-refractivity contribution is 7.98. The van der Waals surface area contributed by atoms with E-state index in [1.54, 1.807) is 23.5 Å². The van der Waals surface area contributed by atoms with Crippen molar-refractivity contribution >= 4 is 35.5 Å². The van der Waals surface area contributed by atoms with Crippen LogP contribution in [0.3, 0.4) is 0 Å². The summed E-state index contributed by atoms with van der Waals surface area (Å²) < 4.78 is 0. The first-order valence-corrected chi connectivity index (χ1v) is 6.74. The molecule has 6 heteroatoms. The maximum absolute atomic E-state index is 9.74. The molecule has 0 atom stereocenters. The van der Waals surface area contributed by atoms with Gasteiger partial charge in [0.15, 0.2) is 0 Å². The Balaban J connectivity index is 0. The fourth-order valence-corrected chi connectivity index (χ4v) is 1.14. The molecular formula is C8H16O4S2. The molecule has 0 unspecified atom stereocenters. The molecule has 0 aliphatic carbocycles. The maximum Gasteiger partial charge on any atom is 0.304 e. The second kappa shape index (κ2) is 12.6. The SMILES string of the molecule is CSCCC(=O)O.CSCCC(=O)O. The van der Waals surface area contributed by atoms with Crippen LogP contribution in [0.5, 0.6) is 0 Å². The molecular weight excluding hydrogens is 224 g/mol. The molecule has 0 rings (SSSR count). The summed E-state index contributed by atoms with van der Waals surface area (Å²) >= 11 is 3.10. The smallest absolute Gasteiger partial charge is 0.304 e. The summed E-state index contributed by atoms with van der Waals surface area (Å²) in [5, 5.41) is 16.1. The van der Waals surface area contributed by atoms with Crippen LogP contribution in [0.15, 0.2) is 0 Å². The molecule has 0 aromatic carbocycles. The third-order valence-corrected chi connectivity index (χ3v) is 2.26. The number of aliphatic carboxylic acids is 2. The molecule has 84 valence electrons. The predicted octanol–water partition coefficient (Wildman–Crippen LogP) is 1.65. The van der Waals surface area contributed by atoms with Crippen LogP contribution >= 0.6 is 23.5 Å². The molecule has 4 nitrogen and oxygen atoms in total. The summed E-state index contributed by atoms with van der Waals surface area (Å²) in [6.07, 6.45) is 4.34. The summed E-state index contributed by atoms with van der Waals surface area (Å²) in [5.41, 5.74) is 0. The third-order valence-electron chi connectivity index (χ3n) is 1.04. The van der Waals surface area contributed by atoms with E-state index in [4.69, 9.17) is 10.2 Å². The number of thioether (sulfide) groups is 2. The average molecular weight is 240 g/mol. The number of carbonyl (C=O) groups is 2. The van der Waals surface area contributed by atoms with E-state index in [2.05, 4.69) is 0 Å². The van der Waals surface area contributed by atoms with E-state index in [9.17, 15) is 9.59 Å². The van der Waals surface area contributed by atoms with Crippen LogP contribution in [0.1, 0.15) is 12.8 Å². The van der Waals surface area contributed by atoms with Gasteiger partial charge in [-0.1, -0.05) is 0 Å². The molecule has 0 saturated carbocycles. The molecule has 0 saturated heterocycles. The molecule has 2 N–H and O–H groups in total. The van der Waals surface area contributed by atoms with Gasteiger partial charge in [-0.05, 0) is 12.5 Å². The highest BCUT2D eigenvalue weighted by Gasteiger charge is 1.91. The molecule has 0 bridgehead atoms. The van der Waals surface area contributed by atoms with Crippen molar-refractivity contribution in [1.82, 2.24) is 0 Å². The van der Waals surface area contributed by atoms with E-state index < -0.39 is 11.9 Å². The van der Waals surface area contributed by atoms with Crippen molar-refractivity contribution < 1.29 is 19.8 Å². The lowest BCUT2D eigenvalue weighted by Gasteiger charge is -1.85. The quantitative estimate of drug-likeness (QED) is 0.735. The summed E-state index contributed by atoms with van der Waals surface area (Å²) in [7, 11) is 0. The first-order chi connectivity index (χ1) is 6.54. The van der Waals surface area contributed by atoms with E-state index in [-0.39, 0.29) is 12.8 Å². The van der Waals surface area contributed by atoms with Gasteiger partial charge in [-0.15, -0.1) is 0 Å². The molecule has 0 aliphatic heterocycles. The van der Waals surface area contributed by atoms with Gasteiger partial charge in [-0.3, -0.25) is 9.59 Å². The molecule has 0 aliphatic rings. The normalized spacial score (nSPS) is 8.71. The van der Waals surface area contributed by atoms with Crippen LogP contribution in [-0.2, 0) is 9.59 Å². The van der Waals surface area contributed by atoms with Crippen molar-refractivity contribution in [2.24, 2.45) is 0 Å². The van der Waals surface area contributed by atoms with E-state index in [1.165, 1.54) is 0 Å². The monoisotopic (exact) mass is 240 g/mol. The minimum absolute atomic E-state index is 0.279. The van der Waals surface area contributed by atoms with E-state index in [0.717, 1.165) is 11.5 Å². The zero-order valence-electron chi connectivity index (χ0n) is 8.36. The van der Waals surface area contributed by atoms with Gasteiger partial charge in [0, 0.05) is 11.5 Å². The van der Waals surface area contributed by atoms with E-state index in [1.807, 2.05) is 12.5 Å². The molecule has 14 heavy (non-hydrogen) atoms. The molecule has 0 radical (unpaired) electrons. The summed E-state index contributed by atoms with van der Waals surface area (Å²) in [6.45, 7) is 0. The zero-order chi connectivity index (χ0) is 11.4. The Hall–Kier alpha value is -0.360. The lowest BCUT2D eigenvalue weighted by atomic mass is 10.5. The highest BCUT2D eigenvalue weighted by atomic mass is 32.2. The van der Waals surface area contributed by atoms with Gasteiger partial charge in [0.1, 0.15) is 0 Å². The minimum Gasteiger partial charge on any atom is -0.481 e. The van der Waals surface area contributed by atoms with Crippen LogP contribution in [0.4, 0.5) is 0 Å². The molecule has 0 spiro atoms. The second-order valence-electron chi connectivity index (χ2n) is 2.27. The van der Waals surface area contributed by atoms with Gasteiger partial charge in [0.25, 0.3) is 0 Å². The van der Waals surface area contributed by atoms with Crippen LogP contribution in [-0.4, -0.2) is 46.2 Å². The first kappa shape index (κ1) is 16.1. The molecule has 0 fully saturated rings. The van der Waals surface area contributed by atoms with Gasteiger partial charge in [-0.25, -0.2) is 0 Å². The van der Waals surface area contributed by atoms with Gasteiger partial charge < -0.3 is 10.2 Å². The number of carboxylic acids is 2. The van der Waals surface area contributed by atoms with Crippen LogP contribution in [0, 0.1) is 0 Å². The number of hydrogen-bond acceptors (Lipinski definition) is 4. The number of carboxylic acid groups (broad SMARTS) is 2. The molecule has 0 aromatic heterocycles. The topological polar surface area (TPSA) is 74.6 Å². The Bertz CT molecular complexity index is 143. The highest BCUT2D eigenvalue weighted by Crippen LogP contribution is 1.93. The van der Waals surface area contributed by atoms with Gasteiger partial charge >= 0.3 is 11.9 Å². The maximum atomic E-state index is 9.74. The molecule has 0 heterocycles. The van der Waals surface area contributed by atoms with Gasteiger partial charge in [0.2, 0.25) is 0 Å². The lowest BCUT2D eigenvalue weighted by Crippen LogP contribution is -1.94. The van der Waals surface area contributed by atoms with E-state index in [0.29, 0.717) is 0 Å². The molecule has 0 amide bonds. The third kappa shape index (κ3) is 22.6. The minimum atomic E-state index is -0.714. The first-order valence-electron chi connectivity index (χ1n) is 3.96. The van der Waals surface area contributed by atoms with Crippen molar-refractivity contribution in [1.29, 1.82) is 0 Å². The summed E-state index contributed by atoms with van der Waals surface area (Å²) in [6, 6.07) is 0. The number of rotatable bonds is 6. The fraction of sp³-hybridized carbons (Fsp3) is 0.750. The van der Waals surface area contributed by atoms with Crippen molar-refractivity contribution in [2.45, 2.75) is 12.8 Å². The average Bonchev–Trinajstić information content (AvgIpc) is 2.12. The van der Waals surface area contributed by atoms with Crippen LogP contribution in [0.25, 0.3) is 0 Å². The number of hydrogen-bond donors (Lipinski definition) is 2.